The number of hydrogen-bond donors (Lipinski definition) is 1. The Morgan fingerprint density at radius 2 is 2.04 bits per heavy atom. The van der Waals surface area contributed by atoms with E-state index in [9.17, 15) is 13.2 Å². The first-order chi connectivity index (χ1) is 12.8. The maximum absolute atomic E-state index is 12.4. The molecule has 1 N–H and O–H groups in total. The molecule has 27 heavy (non-hydrogen) atoms. The first-order valence-corrected chi connectivity index (χ1v) is 10.2. The number of nitrogens with one attached hydrogen (secondary N) is 1. The lowest BCUT2D eigenvalue weighted by Gasteiger charge is -2.32. The number of methoxy groups -OCH3 is 1. The molecule has 8 nitrogen and oxygen atoms in total. The molecule has 0 atom stereocenters. The minimum atomic E-state index is -3.37. The third kappa shape index (κ3) is 4.10. The second kappa shape index (κ2) is 7.87. The second-order valence-corrected chi connectivity index (χ2v) is 8.97. The number of furan rings is 1. The van der Waals surface area contributed by atoms with Crippen LogP contribution in [0.25, 0.3) is 11.0 Å². The third-order valence-corrected chi connectivity index (χ3v) is 6.80. The van der Waals surface area contributed by atoms with Crippen LogP contribution in [0, 0.1) is 5.92 Å². The van der Waals surface area contributed by atoms with E-state index in [4.69, 9.17) is 9.15 Å². The van der Waals surface area contributed by atoms with Crippen molar-refractivity contribution in [1.29, 1.82) is 0 Å². The van der Waals surface area contributed by atoms with Crippen molar-refractivity contribution in [2.75, 3.05) is 40.8 Å². The van der Waals surface area contributed by atoms with Gasteiger partial charge in [0.25, 0.3) is 16.1 Å². The van der Waals surface area contributed by atoms with Gasteiger partial charge >= 0.3 is 0 Å². The molecule has 0 aliphatic carbocycles. The molecule has 148 valence electrons. The van der Waals surface area contributed by atoms with E-state index in [1.54, 1.807) is 19.2 Å². The summed E-state index contributed by atoms with van der Waals surface area (Å²) in [7, 11) is 1.25. The Hall–Kier alpha value is -2.10. The van der Waals surface area contributed by atoms with Crippen LogP contribution in [-0.4, -0.2) is 63.8 Å². The third-order valence-electron chi connectivity index (χ3n) is 4.86. The maximum Gasteiger partial charge on any atom is 0.287 e. The molecule has 0 bridgehead atoms. The van der Waals surface area contributed by atoms with Crippen LogP contribution in [0.15, 0.2) is 28.7 Å². The van der Waals surface area contributed by atoms with Gasteiger partial charge in [-0.15, -0.1) is 0 Å². The molecule has 1 aliphatic heterocycles. The number of nitrogens with zero attached hydrogens (tertiary/aromatic N) is 2. The summed E-state index contributed by atoms with van der Waals surface area (Å²) in [5.41, 5.74) is 0.548. The van der Waals surface area contributed by atoms with Gasteiger partial charge in [-0.25, -0.2) is 0 Å². The number of rotatable bonds is 6. The van der Waals surface area contributed by atoms with Crippen LogP contribution < -0.4 is 10.1 Å². The Morgan fingerprint density at radius 3 is 2.67 bits per heavy atom. The molecule has 2 aromatic rings. The Kier molecular flexibility index (Phi) is 5.73. The van der Waals surface area contributed by atoms with Gasteiger partial charge < -0.3 is 14.5 Å². The first kappa shape index (κ1) is 19.7. The Bertz CT molecular complexity index is 914. The summed E-state index contributed by atoms with van der Waals surface area (Å²) in [5, 5.41) is 3.70. The SMILES string of the molecule is COc1cccc2cc(C(=O)NCC3CCN(S(=O)(=O)N(C)C)CC3)oc12. The molecule has 0 unspecified atom stereocenters. The predicted molar refractivity (Wildman–Crippen MR) is 102 cm³/mol. The van der Waals surface area contributed by atoms with Gasteiger partial charge in [0.2, 0.25) is 0 Å². The molecule has 1 aromatic heterocycles. The fraction of sp³-hybridized carbons (Fsp3) is 0.500. The fourth-order valence-electron chi connectivity index (χ4n) is 3.21. The zero-order valence-corrected chi connectivity index (χ0v) is 16.6. The molecule has 1 amide bonds. The van der Waals surface area contributed by atoms with Crippen LogP contribution in [0.5, 0.6) is 5.75 Å². The maximum atomic E-state index is 12.4. The second-order valence-electron chi connectivity index (χ2n) is 6.83. The topological polar surface area (TPSA) is 92.1 Å². The molecule has 0 radical (unpaired) electrons. The average Bonchev–Trinajstić information content (AvgIpc) is 3.10. The average molecular weight is 395 g/mol. The number of carbonyl (C=O) groups is 1. The van der Waals surface area contributed by atoms with Gasteiger partial charge in [-0.2, -0.15) is 17.0 Å². The van der Waals surface area contributed by atoms with Crippen LogP contribution >= 0.6 is 0 Å². The predicted octanol–water partition coefficient (Wildman–Crippen LogP) is 1.69. The zero-order chi connectivity index (χ0) is 19.6. The molecular formula is C18H25N3O5S. The normalized spacial score (nSPS) is 16.7. The van der Waals surface area contributed by atoms with Gasteiger partial charge in [0.05, 0.1) is 7.11 Å². The lowest BCUT2D eigenvalue weighted by molar-refractivity contribution is 0.0915. The lowest BCUT2D eigenvalue weighted by Crippen LogP contribution is -2.45. The smallest absolute Gasteiger partial charge is 0.287 e. The largest absolute Gasteiger partial charge is 0.493 e. The highest BCUT2D eigenvalue weighted by Gasteiger charge is 2.29. The first-order valence-electron chi connectivity index (χ1n) is 8.85. The van der Waals surface area contributed by atoms with Crippen molar-refractivity contribution in [2.45, 2.75) is 12.8 Å². The van der Waals surface area contributed by atoms with Crippen molar-refractivity contribution in [2.24, 2.45) is 5.92 Å². The number of piperidine rings is 1. The number of fused-ring (bicyclic) bond motifs is 1. The van der Waals surface area contributed by atoms with E-state index in [0.29, 0.717) is 43.8 Å². The number of benzene rings is 1. The van der Waals surface area contributed by atoms with Crippen LogP contribution in [0.3, 0.4) is 0 Å². The molecule has 3 rings (SSSR count). The molecule has 1 fully saturated rings. The van der Waals surface area contributed by atoms with Crippen molar-refractivity contribution in [3.63, 3.8) is 0 Å². The molecule has 0 saturated carbocycles. The molecule has 9 heteroatoms. The van der Waals surface area contributed by atoms with E-state index < -0.39 is 10.2 Å². The van der Waals surface area contributed by atoms with Crippen molar-refractivity contribution >= 4 is 27.1 Å². The van der Waals surface area contributed by atoms with Crippen molar-refractivity contribution in [3.8, 4) is 5.75 Å². The molecule has 2 heterocycles. The summed E-state index contributed by atoms with van der Waals surface area (Å²) in [6.07, 6.45) is 1.42. The monoisotopic (exact) mass is 395 g/mol. The number of hydrogen-bond acceptors (Lipinski definition) is 5. The number of carbonyl (C=O) groups excluding carboxylic acids is 1. The molecular weight excluding hydrogens is 370 g/mol. The van der Waals surface area contributed by atoms with Crippen LogP contribution in [0.2, 0.25) is 0 Å². The summed E-state index contributed by atoms with van der Waals surface area (Å²) in [5.74, 6) is 0.779. The Balaban J connectivity index is 1.56. The number of ether oxygens (including phenoxy) is 1. The van der Waals surface area contributed by atoms with Gasteiger partial charge in [0.1, 0.15) is 0 Å². The van der Waals surface area contributed by atoms with E-state index >= 15 is 0 Å². The fourth-order valence-corrected chi connectivity index (χ4v) is 4.34. The molecule has 1 saturated heterocycles. The van der Waals surface area contributed by atoms with E-state index in [2.05, 4.69) is 5.32 Å². The minimum absolute atomic E-state index is 0.237. The van der Waals surface area contributed by atoms with Crippen molar-refractivity contribution in [3.05, 3.63) is 30.0 Å². The highest BCUT2D eigenvalue weighted by atomic mass is 32.2. The molecule has 1 aromatic carbocycles. The van der Waals surface area contributed by atoms with E-state index in [1.165, 1.54) is 22.7 Å². The van der Waals surface area contributed by atoms with Gasteiger partial charge in [-0.3, -0.25) is 4.79 Å². The van der Waals surface area contributed by atoms with Gasteiger partial charge in [0, 0.05) is 39.1 Å². The summed E-state index contributed by atoms with van der Waals surface area (Å²) < 4.78 is 37.9. The highest BCUT2D eigenvalue weighted by molar-refractivity contribution is 7.86. The number of para-hydroxylation sites is 1. The van der Waals surface area contributed by atoms with E-state index in [-0.39, 0.29) is 17.6 Å². The van der Waals surface area contributed by atoms with Gasteiger partial charge in [-0.05, 0) is 30.9 Å². The molecule has 1 aliphatic rings. The number of amides is 1. The van der Waals surface area contributed by atoms with Crippen molar-refractivity contribution < 1.29 is 22.4 Å². The highest BCUT2D eigenvalue weighted by Crippen LogP contribution is 2.28. The van der Waals surface area contributed by atoms with Crippen LogP contribution in [-0.2, 0) is 10.2 Å². The van der Waals surface area contributed by atoms with E-state index in [0.717, 1.165) is 5.39 Å². The summed E-state index contributed by atoms with van der Waals surface area (Å²) in [4.78, 5) is 12.4. The summed E-state index contributed by atoms with van der Waals surface area (Å²) in [6, 6.07) is 7.18. The Labute approximate surface area is 159 Å². The van der Waals surface area contributed by atoms with Gasteiger partial charge in [-0.1, -0.05) is 12.1 Å². The van der Waals surface area contributed by atoms with Gasteiger partial charge in [0.15, 0.2) is 17.1 Å². The summed E-state index contributed by atoms with van der Waals surface area (Å²) >= 11 is 0. The minimum Gasteiger partial charge on any atom is -0.493 e. The zero-order valence-electron chi connectivity index (χ0n) is 15.8. The van der Waals surface area contributed by atoms with Crippen LogP contribution in [0.1, 0.15) is 23.4 Å². The standard InChI is InChI=1S/C18H25N3O5S/c1-20(2)27(23,24)21-9-7-13(8-10-21)12-19-18(22)16-11-14-5-4-6-15(25-3)17(14)26-16/h4-6,11,13H,7-10,12H2,1-3H3,(H,19,22). The lowest BCUT2D eigenvalue weighted by atomic mass is 9.98. The quantitative estimate of drug-likeness (QED) is 0.804. The molecule has 0 spiro atoms. The summed E-state index contributed by atoms with van der Waals surface area (Å²) in [6.45, 7) is 1.41. The Morgan fingerprint density at radius 1 is 1.33 bits per heavy atom. The van der Waals surface area contributed by atoms with Crippen LogP contribution in [0.4, 0.5) is 0 Å². The van der Waals surface area contributed by atoms with E-state index in [1.807, 2.05) is 12.1 Å². The van der Waals surface area contributed by atoms with Crippen molar-refractivity contribution in [1.82, 2.24) is 13.9 Å².